The zero-order chi connectivity index (χ0) is 21.3. The van der Waals surface area contributed by atoms with E-state index in [2.05, 4.69) is 31.8 Å². The summed E-state index contributed by atoms with van der Waals surface area (Å²) in [5.41, 5.74) is 5.60. The molecule has 6 nitrogen and oxygen atoms in total. The number of benzene rings is 3. The molecule has 0 aliphatic rings. The van der Waals surface area contributed by atoms with Gasteiger partial charge in [0.05, 0.1) is 18.3 Å². The first-order valence-corrected chi connectivity index (χ1v) is 9.99. The van der Waals surface area contributed by atoms with Crippen LogP contribution in [0.5, 0.6) is 5.75 Å². The molecule has 2 N–H and O–H groups in total. The quantitative estimate of drug-likeness (QED) is 0.232. The lowest BCUT2D eigenvalue weighted by molar-refractivity contribution is -0.119. The predicted octanol–water partition coefficient (Wildman–Crippen LogP) is 4.54. The van der Waals surface area contributed by atoms with Crippen molar-refractivity contribution in [2.24, 2.45) is 5.10 Å². The van der Waals surface area contributed by atoms with E-state index in [-0.39, 0.29) is 12.5 Å². The number of carbonyl (C=O) groups excluding carboxylic acids is 2. The summed E-state index contributed by atoms with van der Waals surface area (Å²) in [5.74, 6) is -0.346. The van der Waals surface area contributed by atoms with Crippen LogP contribution >= 0.6 is 15.9 Å². The Labute approximate surface area is 183 Å². The summed E-state index contributed by atoms with van der Waals surface area (Å²) < 4.78 is 6.20. The fraction of sp³-hybridized carbons (Fsp3) is 0.0870. The van der Waals surface area contributed by atoms with E-state index < -0.39 is 5.97 Å². The van der Waals surface area contributed by atoms with Gasteiger partial charge in [-0.15, -0.1) is 0 Å². The minimum absolute atomic E-state index is 0.102. The monoisotopic (exact) mass is 465 g/mol. The van der Waals surface area contributed by atoms with Crippen molar-refractivity contribution in [2.75, 3.05) is 11.9 Å². The Morgan fingerprint density at radius 1 is 1.03 bits per heavy atom. The van der Waals surface area contributed by atoms with Gasteiger partial charge < -0.3 is 10.1 Å². The van der Waals surface area contributed by atoms with E-state index in [4.69, 9.17) is 4.74 Å². The molecule has 0 saturated heterocycles. The van der Waals surface area contributed by atoms with Crippen LogP contribution in [-0.2, 0) is 4.79 Å². The van der Waals surface area contributed by atoms with Gasteiger partial charge in [-0.2, -0.15) is 5.10 Å². The van der Waals surface area contributed by atoms with Crippen molar-refractivity contribution in [1.82, 2.24) is 5.43 Å². The third kappa shape index (κ3) is 6.56. The van der Waals surface area contributed by atoms with E-state index in [0.717, 1.165) is 15.7 Å². The molecule has 1 amide bonds. The SMILES string of the molecule is Cc1ccc(NCC(=O)NN=Cc2cccc(OC(=O)c3cccc(Br)c3)c2)cc1. The molecule has 30 heavy (non-hydrogen) atoms. The van der Waals surface area contributed by atoms with E-state index in [1.807, 2.05) is 37.3 Å². The molecule has 0 aromatic heterocycles. The Morgan fingerprint density at radius 2 is 1.80 bits per heavy atom. The van der Waals surface area contributed by atoms with Crippen molar-refractivity contribution in [3.05, 3.63) is 94.0 Å². The van der Waals surface area contributed by atoms with E-state index in [9.17, 15) is 9.59 Å². The highest BCUT2D eigenvalue weighted by Gasteiger charge is 2.09. The highest BCUT2D eigenvalue weighted by atomic mass is 79.9. The second-order valence-corrected chi connectivity index (χ2v) is 7.40. The summed E-state index contributed by atoms with van der Waals surface area (Å²) in [6.45, 7) is 2.10. The molecule has 0 aliphatic carbocycles. The zero-order valence-electron chi connectivity index (χ0n) is 16.3. The predicted molar refractivity (Wildman–Crippen MR) is 121 cm³/mol. The number of hydrazone groups is 1. The van der Waals surface area contributed by atoms with Crippen LogP contribution in [0.15, 0.2) is 82.4 Å². The first kappa shape index (κ1) is 21.3. The van der Waals surface area contributed by atoms with Gasteiger partial charge in [-0.3, -0.25) is 4.79 Å². The number of hydrogen-bond acceptors (Lipinski definition) is 5. The second-order valence-electron chi connectivity index (χ2n) is 6.49. The molecule has 152 valence electrons. The Balaban J connectivity index is 1.51. The van der Waals surface area contributed by atoms with Crippen LogP contribution in [0.2, 0.25) is 0 Å². The van der Waals surface area contributed by atoms with Crippen LogP contribution < -0.4 is 15.5 Å². The summed E-state index contributed by atoms with van der Waals surface area (Å²) in [6, 6.07) is 21.6. The fourth-order valence-corrected chi connectivity index (χ4v) is 2.91. The first-order valence-electron chi connectivity index (χ1n) is 9.20. The number of halogens is 1. The molecule has 0 heterocycles. The molecule has 3 rings (SSSR count). The maximum absolute atomic E-state index is 12.2. The lowest BCUT2D eigenvalue weighted by Gasteiger charge is -2.06. The number of anilines is 1. The van der Waals surface area contributed by atoms with Crippen LogP contribution in [0.1, 0.15) is 21.5 Å². The maximum atomic E-state index is 12.2. The summed E-state index contributed by atoms with van der Waals surface area (Å²) in [7, 11) is 0. The van der Waals surface area contributed by atoms with E-state index >= 15 is 0 Å². The van der Waals surface area contributed by atoms with Crippen molar-refractivity contribution >= 4 is 39.7 Å². The topological polar surface area (TPSA) is 79.8 Å². The summed E-state index contributed by atoms with van der Waals surface area (Å²) in [6.07, 6.45) is 1.49. The maximum Gasteiger partial charge on any atom is 0.343 e. The molecule has 3 aromatic rings. The number of amides is 1. The number of rotatable bonds is 7. The molecular weight excluding hydrogens is 446 g/mol. The molecule has 0 fully saturated rings. The zero-order valence-corrected chi connectivity index (χ0v) is 17.8. The molecule has 0 atom stereocenters. The van der Waals surface area contributed by atoms with E-state index in [0.29, 0.717) is 16.9 Å². The molecule has 7 heteroatoms. The fourth-order valence-electron chi connectivity index (χ4n) is 2.51. The van der Waals surface area contributed by atoms with Crippen LogP contribution in [0.4, 0.5) is 5.69 Å². The largest absolute Gasteiger partial charge is 0.423 e. The first-order chi connectivity index (χ1) is 14.5. The van der Waals surface area contributed by atoms with Gasteiger partial charge in [0.1, 0.15) is 5.75 Å². The average Bonchev–Trinajstić information content (AvgIpc) is 2.73. The second kappa shape index (κ2) is 10.4. The standard InChI is InChI=1S/C23H20BrN3O3/c1-16-8-10-20(11-9-16)25-15-22(28)27-26-14-17-4-2-7-21(12-17)30-23(29)18-5-3-6-19(24)13-18/h2-14,25H,15H2,1H3,(H,27,28). The molecule has 0 aliphatic heterocycles. The number of aryl methyl sites for hydroxylation is 1. The number of nitrogens with zero attached hydrogens (tertiary/aromatic N) is 1. The molecular formula is C23H20BrN3O3. The smallest absolute Gasteiger partial charge is 0.343 e. The normalized spacial score (nSPS) is 10.6. The van der Waals surface area contributed by atoms with Gasteiger partial charge >= 0.3 is 5.97 Å². The van der Waals surface area contributed by atoms with Crippen molar-refractivity contribution in [2.45, 2.75) is 6.92 Å². The Bertz CT molecular complexity index is 1070. The van der Waals surface area contributed by atoms with E-state index in [1.54, 1.807) is 42.5 Å². The van der Waals surface area contributed by atoms with Gasteiger partial charge in [0.15, 0.2) is 0 Å². The summed E-state index contributed by atoms with van der Waals surface area (Å²) in [5, 5.41) is 6.97. The Hall–Kier alpha value is -3.45. The highest BCUT2D eigenvalue weighted by molar-refractivity contribution is 9.10. The van der Waals surface area contributed by atoms with Gasteiger partial charge in [0.2, 0.25) is 0 Å². The van der Waals surface area contributed by atoms with E-state index in [1.165, 1.54) is 6.21 Å². The van der Waals surface area contributed by atoms with Crippen LogP contribution in [0.3, 0.4) is 0 Å². The molecule has 0 saturated carbocycles. The number of hydrogen-bond donors (Lipinski definition) is 2. The summed E-state index contributed by atoms with van der Waals surface area (Å²) in [4.78, 5) is 24.2. The highest BCUT2D eigenvalue weighted by Crippen LogP contribution is 2.17. The number of esters is 1. The van der Waals surface area contributed by atoms with Crippen molar-refractivity contribution in [3.8, 4) is 5.75 Å². The number of nitrogens with one attached hydrogen (secondary N) is 2. The minimum Gasteiger partial charge on any atom is -0.423 e. The van der Waals surface area contributed by atoms with Crippen LogP contribution in [0, 0.1) is 6.92 Å². The number of carbonyl (C=O) groups is 2. The van der Waals surface area contributed by atoms with Gasteiger partial charge in [-0.1, -0.05) is 51.8 Å². The van der Waals surface area contributed by atoms with Gasteiger partial charge in [0.25, 0.3) is 5.91 Å². The van der Waals surface area contributed by atoms with Crippen LogP contribution in [0.25, 0.3) is 0 Å². The average molecular weight is 466 g/mol. The third-order valence-electron chi connectivity index (χ3n) is 4.04. The van der Waals surface area contributed by atoms with Crippen molar-refractivity contribution in [3.63, 3.8) is 0 Å². The Kier molecular flexibility index (Phi) is 7.34. The van der Waals surface area contributed by atoms with Gasteiger partial charge in [0, 0.05) is 10.2 Å². The van der Waals surface area contributed by atoms with Gasteiger partial charge in [-0.25, -0.2) is 10.2 Å². The molecule has 3 aromatic carbocycles. The molecule has 0 spiro atoms. The molecule has 0 bridgehead atoms. The van der Waals surface area contributed by atoms with Crippen molar-refractivity contribution in [1.29, 1.82) is 0 Å². The third-order valence-corrected chi connectivity index (χ3v) is 4.53. The van der Waals surface area contributed by atoms with Gasteiger partial charge in [-0.05, 0) is 55.0 Å². The lowest BCUT2D eigenvalue weighted by Crippen LogP contribution is -2.25. The lowest BCUT2D eigenvalue weighted by atomic mass is 10.2. The minimum atomic E-state index is -0.458. The Morgan fingerprint density at radius 3 is 2.57 bits per heavy atom. The molecule has 0 radical (unpaired) electrons. The number of ether oxygens (including phenoxy) is 1. The van der Waals surface area contributed by atoms with Crippen LogP contribution in [-0.4, -0.2) is 24.6 Å². The summed E-state index contributed by atoms with van der Waals surface area (Å²) >= 11 is 3.33. The molecule has 0 unspecified atom stereocenters. The van der Waals surface area contributed by atoms with Crippen molar-refractivity contribution < 1.29 is 14.3 Å².